The van der Waals surface area contributed by atoms with Gasteiger partial charge < -0.3 is 19.3 Å². The Balaban J connectivity index is 2.76. The molecule has 96 valence electrons. The number of carbonyl (C=O) groups is 1. The Kier molecular flexibility index (Phi) is 3.16. The van der Waals surface area contributed by atoms with E-state index in [2.05, 4.69) is 4.98 Å². The Morgan fingerprint density at radius 2 is 2.17 bits per heavy atom. The van der Waals surface area contributed by atoms with E-state index in [9.17, 15) is 9.36 Å². The lowest BCUT2D eigenvalue weighted by Crippen LogP contribution is -2.16. The number of hydrogen-bond donors (Lipinski definition) is 3. The monoisotopic (exact) mass is 290 g/mol. The second-order valence-corrected chi connectivity index (χ2v) is 5.52. The number of halogens is 1. The van der Waals surface area contributed by atoms with Gasteiger partial charge in [0.1, 0.15) is 5.65 Å². The number of imidazole rings is 1. The number of rotatable bonds is 3. The molecule has 2 heterocycles. The van der Waals surface area contributed by atoms with Crippen molar-refractivity contribution in [3.05, 3.63) is 29.0 Å². The van der Waals surface area contributed by atoms with Crippen LogP contribution >= 0.6 is 19.2 Å². The molecule has 0 unspecified atom stereocenters. The maximum Gasteiger partial charge on any atom is 0.376 e. The van der Waals surface area contributed by atoms with Crippen molar-refractivity contribution in [3.63, 3.8) is 0 Å². The number of carboxylic acids is 1. The van der Waals surface area contributed by atoms with Gasteiger partial charge in [-0.1, -0.05) is 11.6 Å². The van der Waals surface area contributed by atoms with Gasteiger partial charge in [-0.25, -0.2) is 4.98 Å². The average molecular weight is 291 g/mol. The highest BCUT2D eigenvalue weighted by molar-refractivity contribution is 7.60. The minimum absolute atomic E-state index is 0.0532. The van der Waals surface area contributed by atoms with Gasteiger partial charge in [0, 0.05) is 17.3 Å². The fourth-order valence-corrected chi connectivity index (χ4v) is 2.51. The summed E-state index contributed by atoms with van der Waals surface area (Å²) in [6.07, 6.45) is 0.880. The summed E-state index contributed by atoms with van der Waals surface area (Å²) >= 11 is 5.74. The van der Waals surface area contributed by atoms with Gasteiger partial charge in [0.15, 0.2) is 5.44 Å². The van der Waals surface area contributed by atoms with Crippen molar-refractivity contribution < 1.29 is 24.3 Å². The zero-order valence-corrected chi connectivity index (χ0v) is 10.5. The first-order chi connectivity index (χ1) is 8.29. The van der Waals surface area contributed by atoms with Crippen LogP contribution in [0.5, 0.6) is 0 Å². The van der Waals surface area contributed by atoms with E-state index in [0.717, 1.165) is 0 Å². The normalized spacial score (nSPS) is 11.9. The summed E-state index contributed by atoms with van der Waals surface area (Å²) in [5.41, 5.74) is -0.397. The molecular formula is C9H8ClN2O5P. The number of aromatic nitrogens is 2. The minimum Gasteiger partial charge on any atom is -0.481 e. The highest BCUT2D eigenvalue weighted by atomic mass is 35.5. The molecule has 0 aliphatic rings. The molecule has 0 saturated heterocycles. The van der Waals surface area contributed by atoms with Gasteiger partial charge >= 0.3 is 13.6 Å². The van der Waals surface area contributed by atoms with Crippen LogP contribution in [0.25, 0.3) is 5.65 Å². The lowest BCUT2D eigenvalue weighted by atomic mass is 10.3. The van der Waals surface area contributed by atoms with E-state index in [4.69, 9.17) is 26.5 Å². The van der Waals surface area contributed by atoms with E-state index >= 15 is 0 Å². The van der Waals surface area contributed by atoms with E-state index in [1.54, 1.807) is 0 Å². The molecule has 2 aromatic rings. The first-order valence-electron chi connectivity index (χ1n) is 4.73. The molecule has 0 amide bonds. The zero-order valence-electron chi connectivity index (χ0n) is 8.82. The first-order valence-corrected chi connectivity index (χ1v) is 6.72. The van der Waals surface area contributed by atoms with Crippen molar-refractivity contribution in [1.82, 2.24) is 9.38 Å². The summed E-state index contributed by atoms with van der Waals surface area (Å²) < 4.78 is 12.6. The highest BCUT2D eigenvalue weighted by Gasteiger charge is 2.28. The fourth-order valence-electron chi connectivity index (χ4n) is 1.60. The SMILES string of the molecule is O=C(O)Cc1c(P(=O)(O)O)nc2cc(Cl)ccn12. The Bertz CT molecular complexity index is 677. The summed E-state index contributed by atoms with van der Waals surface area (Å²) in [7, 11) is -4.64. The Hall–Kier alpha value is -1.40. The van der Waals surface area contributed by atoms with Crippen molar-refractivity contribution >= 4 is 36.2 Å². The van der Waals surface area contributed by atoms with Crippen molar-refractivity contribution in [3.8, 4) is 0 Å². The van der Waals surface area contributed by atoms with Crippen LogP contribution in [-0.4, -0.2) is 30.2 Å². The quantitative estimate of drug-likeness (QED) is 0.706. The van der Waals surface area contributed by atoms with Crippen LogP contribution in [0.2, 0.25) is 5.02 Å². The summed E-state index contributed by atoms with van der Waals surface area (Å²) in [6.45, 7) is 0. The largest absolute Gasteiger partial charge is 0.481 e. The van der Waals surface area contributed by atoms with Crippen LogP contribution in [0, 0.1) is 0 Å². The molecule has 2 aromatic heterocycles. The number of nitrogens with zero attached hydrogens (tertiary/aromatic N) is 2. The number of aliphatic carboxylic acids is 1. The molecule has 0 aliphatic carbocycles. The topological polar surface area (TPSA) is 112 Å². The highest BCUT2D eigenvalue weighted by Crippen LogP contribution is 2.34. The summed E-state index contributed by atoms with van der Waals surface area (Å²) in [4.78, 5) is 32.8. The summed E-state index contributed by atoms with van der Waals surface area (Å²) in [5.74, 6) is -1.21. The van der Waals surface area contributed by atoms with Crippen LogP contribution in [0.15, 0.2) is 18.3 Å². The van der Waals surface area contributed by atoms with Crippen LogP contribution in [-0.2, 0) is 15.8 Å². The van der Waals surface area contributed by atoms with Crippen molar-refractivity contribution in [2.45, 2.75) is 6.42 Å². The summed E-state index contributed by atoms with van der Waals surface area (Å²) in [6, 6.07) is 2.87. The average Bonchev–Trinajstić information content (AvgIpc) is 2.55. The predicted molar refractivity (Wildman–Crippen MR) is 63.2 cm³/mol. The Labute approximate surface area is 106 Å². The van der Waals surface area contributed by atoms with Crippen LogP contribution in [0.3, 0.4) is 0 Å². The molecule has 0 atom stereocenters. The third-order valence-electron chi connectivity index (χ3n) is 2.26. The molecule has 7 nitrogen and oxygen atoms in total. The van der Waals surface area contributed by atoms with Gasteiger partial charge in [-0.15, -0.1) is 0 Å². The van der Waals surface area contributed by atoms with Crippen molar-refractivity contribution in [2.75, 3.05) is 0 Å². The van der Waals surface area contributed by atoms with Crippen molar-refractivity contribution in [1.29, 1.82) is 0 Å². The van der Waals surface area contributed by atoms with E-state index in [1.807, 2.05) is 0 Å². The standard InChI is InChI=1S/C9H8ClN2O5P/c10-5-1-2-12-6(4-8(13)14)9(18(15,16)17)11-7(12)3-5/h1-3H,4H2,(H,13,14)(H2,15,16,17). The number of pyridine rings is 1. The van der Waals surface area contributed by atoms with Crippen LogP contribution in [0.4, 0.5) is 0 Å². The molecule has 0 fully saturated rings. The van der Waals surface area contributed by atoms with Gasteiger partial charge in [0.05, 0.1) is 12.1 Å². The van der Waals surface area contributed by atoms with E-state index in [1.165, 1.54) is 22.7 Å². The lowest BCUT2D eigenvalue weighted by molar-refractivity contribution is -0.136. The molecule has 0 radical (unpaired) electrons. The summed E-state index contributed by atoms with van der Waals surface area (Å²) in [5, 5.41) is 9.11. The lowest BCUT2D eigenvalue weighted by Gasteiger charge is -2.03. The second-order valence-electron chi connectivity index (χ2n) is 3.57. The van der Waals surface area contributed by atoms with Crippen molar-refractivity contribution in [2.24, 2.45) is 0 Å². The Morgan fingerprint density at radius 3 is 2.72 bits per heavy atom. The maximum absolute atomic E-state index is 11.3. The molecule has 0 bridgehead atoms. The molecule has 0 aromatic carbocycles. The van der Waals surface area contributed by atoms with Gasteiger partial charge in [-0.05, 0) is 6.07 Å². The van der Waals surface area contributed by atoms with Crippen LogP contribution in [0.1, 0.15) is 5.69 Å². The predicted octanol–water partition coefficient (Wildman–Crippen LogP) is 0.418. The molecule has 0 aliphatic heterocycles. The Morgan fingerprint density at radius 1 is 1.50 bits per heavy atom. The number of hydrogen-bond acceptors (Lipinski definition) is 3. The first kappa shape index (κ1) is 13.0. The smallest absolute Gasteiger partial charge is 0.376 e. The molecule has 2 rings (SSSR count). The maximum atomic E-state index is 11.3. The van der Waals surface area contributed by atoms with E-state index < -0.39 is 25.4 Å². The molecule has 18 heavy (non-hydrogen) atoms. The zero-order chi connectivity index (χ0) is 13.5. The van der Waals surface area contributed by atoms with Crippen LogP contribution < -0.4 is 5.44 Å². The molecule has 9 heteroatoms. The number of carboxylic acid groups (broad SMARTS) is 1. The molecular weight excluding hydrogens is 283 g/mol. The number of fused-ring (bicyclic) bond motifs is 1. The molecule has 3 N–H and O–H groups in total. The van der Waals surface area contributed by atoms with Gasteiger partial charge in [-0.3, -0.25) is 9.36 Å². The van der Waals surface area contributed by atoms with Gasteiger partial charge in [0.25, 0.3) is 0 Å². The molecule has 0 saturated carbocycles. The van der Waals surface area contributed by atoms with E-state index in [0.29, 0.717) is 5.02 Å². The minimum atomic E-state index is -4.64. The van der Waals surface area contributed by atoms with E-state index in [-0.39, 0.29) is 11.3 Å². The fraction of sp³-hybridized carbons (Fsp3) is 0.111. The third-order valence-corrected chi connectivity index (χ3v) is 3.41. The van der Waals surface area contributed by atoms with Gasteiger partial charge in [-0.2, -0.15) is 0 Å². The van der Waals surface area contributed by atoms with Gasteiger partial charge in [0.2, 0.25) is 0 Å². The molecule has 0 spiro atoms. The third kappa shape index (κ3) is 2.39. The second kappa shape index (κ2) is 4.37.